The van der Waals surface area contributed by atoms with E-state index in [1.807, 2.05) is 12.2 Å². The van der Waals surface area contributed by atoms with Crippen LogP contribution in [0.4, 0.5) is 0 Å². The van der Waals surface area contributed by atoms with E-state index in [-0.39, 0.29) is 11.8 Å². The van der Waals surface area contributed by atoms with E-state index in [0.717, 1.165) is 6.42 Å². The molecule has 0 heterocycles. The Morgan fingerprint density at radius 3 is 2.43 bits per heavy atom. The van der Waals surface area contributed by atoms with Crippen LogP contribution < -0.4 is 0 Å². The van der Waals surface area contributed by atoms with Gasteiger partial charge in [0.2, 0.25) is 5.24 Å². The van der Waals surface area contributed by atoms with Crippen LogP contribution in [0, 0.1) is 11.8 Å². The molecule has 14 heavy (non-hydrogen) atoms. The fourth-order valence-corrected chi connectivity index (χ4v) is 2.39. The maximum absolute atomic E-state index is 11.4. The van der Waals surface area contributed by atoms with Crippen molar-refractivity contribution in [2.75, 3.05) is 7.11 Å². The van der Waals surface area contributed by atoms with Crippen molar-refractivity contribution in [1.82, 2.24) is 0 Å². The van der Waals surface area contributed by atoms with Gasteiger partial charge in [0.1, 0.15) is 0 Å². The van der Waals surface area contributed by atoms with Crippen LogP contribution in [0.5, 0.6) is 0 Å². The van der Waals surface area contributed by atoms with Gasteiger partial charge in [0, 0.05) is 17.4 Å². The number of carbonyl (C=O) groups excluding carboxylic acids is 2. The Bertz CT molecular complexity index is 368. The second-order valence-corrected chi connectivity index (χ2v) is 3.77. The molecule has 0 saturated carbocycles. The van der Waals surface area contributed by atoms with Gasteiger partial charge in [-0.1, -0.05) is 12.2 Å². The predicted octanol–water partition coefficient (Wildman–Crippen LogP) is 1.43. The van der Waals surface area contributed by atoms with Crippen LogP contribution in [0.2, 0.25) is 0 Å². The Morgan fingerprint density at radius 2 is 1.93 bits per heavy atom. The van der Waals surface area contributed by atoms with Crippen LogP contribution in [0.25, 0.3) is 0 Å². The molecule has 0 radical (unpaired) electrons. The van der Waals surface area contributed by atoms with Gasteiger partial charge >= 0.3 is 5.97 Å². The van der Waals surface area contributed by atoms with Gasteiger partial charge in [0.05, 0.1) is 12.7 Å². The highest BCUT2D eigenvalue weighted by molar-refractivity contribution is 6.68. The third-order valence-corrected chi connectivity index (χ3v) is 2.94. The zero-order valence-electron chi connectivity index (χ0n) is 7.62. The molecule has 0 saturated heterocycles. The predicted molar refractivity (Wildman–Crippen MR) is 50.6 cm³/mol. The molecule has 0 N–H and O–H groups in total. The highest BCUT2D eigenvalue weighted by Crippen LogP contribution is 2.44. The molecule has 4 heteroatoms. The molecule has 2 aliphatic carbocycles. The van der Waals surface area contributed by atoms with Crippen LogP contribution in [-0.2, 0) is 14.3 Å². The van der Waals surface area contributed by atoms with Crippen LogP contribution in [-0.4, -0.2) is 18.3 Å². The topological polar surface area (TPSA) is 43.4 Å². The molecule has 2 rings (SSSR count). The number of rotatable bonds is 2. The van der Waals surface area contributed by atoms with Gasteiger partial charge < -0.3 is 4.74 Å². The summed E-state index contributed by atoms with van der Waals surface area (Å²) >= 11 is 5.44. The van der Waals surface area contributed by atoms with E-state index in [2.05, 4.69) is 4.74 Å². The second-order valence-electron chi connectivity index (χ2n) is 3.43. The van der Waals surface area contributed by atoms with Gasteiger partial charge in [-0.3, -0.25) is 4.79 Å². The fraction of sp³-hybridized carbons (Fsp3) is 0.400. The number of allylic oxidation sites excluding steroid dienone is 3. The summed E-state index contributed by atoms with van der Waals surface area (Å²) in [5.74, 6) is -0.407. The van der Waals surface area contributed by atoms with Gasteiger partial charge in [-0.15, -0.1) is 0 Å². The Morgan fingerprint density at radius 1 is 1.36 bits per heavy atom. The van der Waals surface area contributed by atoms with Crippen molar-refractivity contribution in [3.8, 4) is 0 Å². The van der Waals surface area contributed by atoms with Crippen LogP contribution in [0.1, 0.15) is 6.42 Å². The largest absolute Gasteiger partial charge is 0.466 e. The highest BCUT2D eigenvalue weighted by atomic mass is 35.5. The summed E-state index contributed by atoms with van der Waals surface area (Å²) in [6.07, 6.45) is 4.63. The van der Waals surface area contributed by atoms with E-state index >= 15 is 0 Å². The quantitative estimate of drug-likeness (QED) is 0.395. The van der Waals surface area contributed by atoms with Crippen LogP contribution in [0.15, 0.2) is 23.3 Å². The minimum Gasteiger partial charge on any atom is -0.466 e. The van der Waals surface area contributed by atoms with E-state index in [1.54, 1.807) is 0 Å². The van der Waals surface area contributed by atoms with Crippen LogP contribution >= 0.6 is 11.6 Å². The first-order valence-corrected chi connectivity index (χ1v) is 4.73. The first kappa shape index (κ1) is 9.46. The Kier molecular flexibility index (Phi) is 2.19. The summed E-state index contributed by atoms with van der Waals surface area (Å²) in [7, 11) is 1.31. The number of ether oxygens (including phenoxy) is 1. The minimum atomic E-state index is -0.540. The molecule has 0 aromatic rings. The minimum absolute atomic E-state index is 0.0131. The molecule has 74 valence electrons. The lowest BCUT2D eigenvalue weighted by molar-refractivity contribution is -0.136. The van der Waals surface area contributed by atoms with Crippen molar-refractivity contribution < 1.29 is 14.3 Å². The maximum atomic E-state index is 11.4. The molecular formula is C10H9ClO3. The zero-order valence-corrected chi connectivity index (χ0v) is 8.38. The summed E-state index contributed by atoms with van der Waals surface area (Å²) in [5, 5.41) is -0.540. The molecule has 0 fully saturated rings. The monoisotopic (exact) mass is 212 g/mol. The van der Waals surface area contributed by atoms with Crippen molar-refractivity contribution in [2.45, 2.75) is 6.42 Å². The summed E-state index contributed by atoms with van der Waals surface area (Å²) in [4.78, 5) is 22.5. The lowest BCUT2D eigenvalue weighted by Gasteiger charge is -2.10. The van der Waals surface area contributed by atoms with Gasteiger partial charge in [-0.05, 0) is 18.0 Å². The lowest BCUT2D eigenvalue weighted by atomic mass is 9.98. The average molecular weight is 213 g/mol. The number of methoxy groups -OCH3 is 1. The average Bonchev–Trinajstić information content (AvgIpc) is 2.74. The molecule has 2 unspecified atom stereocenters. The van der Waals surface area contributed by atoms with Gasteiger partial charge in [0.25, 0.3) is 0 Å². The molecule has 2 aliphatic rings. The molecule has 2 atom stereocenters. The fourth-order valence-electron chi connectivity index (χ4n) is 2.15. The summed E-state index contributed by atoms with van der Waals surface area (Å²) < 4.78 is 4.63. The smallest absolute Gasteiger partial charge is 0.334 e. The molecule has 0 aromatic carbocycles. The summed E-state index contributed by atoms with van der Waals surface area (Å²) in [6, 6.07) is 0. The van der Waals surface area contributed by atoms with E-state index in [4.69, 9.17) is 11.6 Å². The first-order valence-electron chi connectivity index (χ1n) is 4.35. The van der Waals surface area contributed by atoms with E-state index < -0.39 is 11.2 Å². The normalized spacial score (nSPS) is 28.4. The van der Waals surface area contributed by atoms with Crippen LogP contribution in [0.3, 0.4) is 0 Å². The molecule has 2 bridgehead atoms. The van der Waals surface area contributed by atoms with E-state index in [1.165, 1.54) is 7.11 Å². The molecule has 3 nitrogen and oxygen atoms in total. The Labute approximate surface area is 86.4 Å². The molecular weight excluding hydrogens is 204 g/mol. The van der Waals surface area contributed by atoms with Gasteiger partial charge in [0.15, 0.2) is 0 Å². The second kappa shape index (κ2) is 3.24. The Hall–Kier alpha value is -1.09. The van der Waals surface area contributed by atoms with Crippen molar-refractivity contribution in [3.63, 3.8) is 0 Å². The number of carbonyl (C=O) groups is 2. The van der Waals surface area contributed by atoms with Crippen molar-refractivity contribution in [3.05, 3.63) is 23.3 Å². The van der Waals surface area contributed by atoms with Gasteiger partial charge in [-0.25, -0.2) is 4.79 Å². The van der Waals surface area contributed by atoms with Crippen molar-refractivity contribution in [1.29, 1.82) is 0 Å². The SMILES string of the molecule is COC(=O)C1=C(C(=O)Cl)C2C=CC1C2. The lowest BCUT2D eigenvalue weighted by Crippen LogP contribution is -2.14. The van der Waals surface area contributed by atoms with Gasteiger partial charge in [-0.2, -0.15) is 0 Å². The first-order chi connectivity index (χ1) is 6.65. The third kappa shape index (κ3) is 1.20. The summed E-state index contributed by atoms with van der Waals surface area (Å²) in [5.41, 5.74) is 0.867. The Balaban J connectivity index is 2.43. The number of hydrogen-bond acceptors (Lipinski definition) is 3. The zero-order chi connectivity index (χ0) is 10.3. The highest BCUT2D eigenvalue weighted by Gasteiger charge is 2.41. The maximum Gasteiger partial charge on any atom is 0.334 e. The molecule has 0 aliphatic heterocycles. The van der Waals surface area contributed by atoms with Crippen molar-refractivity contribution >= 4 is 22.8 Å². The van der Waals surface area contributed by atoms with Crippen molar-refractivity contribution in [2.24, 2.45) is 11.8 Å². The standard InChI is InChI=1S/C10H9ClO3/c1-14-10(13)8-6-3-2-5(4-6)7(8)9(11)12/h2-3,5-6H,4H2,1H3. The molecule has 0 spiro atoms. The number of esters is 1. The van der Waals surface area contributed by atoms with E-state index in [0.29, 0.717) is 11.1 Å². The number of halogens is 1. The third-order valence-electron chi connectivity index (χ3n) is 2.73. The number of hydrogen-bond donors (Lipinski definition) is 0. The summed E-state index contributed by atoms with van der Waals surface area (Å²) in [6.45, 7) is 0. The molecule has 0 amide bonds. The number of fused-ring (bicyclic) bond motifs is 2. The van der Waals surface area contributed by atoms with E-state index in [9.17, 15) is 9.59 Å². The molecule has 0 aromatic heterocycles.